The molecule has 108 valence electrons. The highest BCUT2D eigenvalue weighted by Gasteiger charge is 2.30. The van der Waals surface area contributed by atoms with Gasteiger partial charge < -0.3 is 9.51 Å². The molecule has 1 fully saturated rings. The fraction of sp³-hybridized carbons (Fsp3) is 0.375. The van der Waals surface area contributed by atoms with Crippen molar-refractivity contribution in [3.05, 3.63) is 41.7 Å². The molecule has 1 N–H and O–H groups in total. The van der Waals surface area contributed by atoms with Crippen LogP contribution < -0.4 is 0 Å². The Bertz CT molecular complexity index is 710. The molecule has 0 radical (unpaired) electrons. The molecule has 0 amide bonds. The van der Waals surface area contributed by atoms with Gasteiger partial charge in [-0.05, 0) is 25.0 Å². The minimum atomic E-state index is -0.775. The largest absolute Gasteiger partial charge is 0.481 e. The molecule has 0 bridgehead atoms. The summed E-state index contributed by atoms with van der Waals surface area (Å²) in [4.78, 5) is 13.0. The smallest absolute Gasteiger partial charge is 0.304 e. The van der Waals surface area contributed by atoms with Crippen molar-refractivity contribution in [2.75, 3.05) is 6.54 Å². The quantitative estimate of drug-likeness (QED) is 0.882. The molecule has 0 unspecified atom stereocenters. The molecule has 1 saturated carbocycles. The van der Waals surface area contributed by atoms with Gasteiger partial charge in [0.25, 0.3) is 0 Å². The zero-order valence-corrected chi connectivity index (χ0v) is 11.7. The summed E-state index contributed by atoms with van der Waals surface area (Å²) in [6, 6.07) is 8.54. The van der Waals surface area contributed by atoms with Crippen LogP contribution in [-0.4, -0.2) is 33.0 Å². The molecular formula is C16H17N3O2. The summed E-state index contributed by atoms with van der Waals surface area (Å²) in [5.74, 6) is -0.775. The monoisotopic (exact) mass is 283 g/mol. The summed E-state index contributed by atoms with van der Waals surface area (Å²) in [5, 5.41) is 18.3. The Morgan fingerprint density at radius 2 is 2.29 bits per heavy atom. The standard InChI is InChI=1S/C16H17N3O2/c17-9-14-12(11-19-7-2-1-3-15(14)19)10-18(13-4-5-13)8-6-16(20)21/h1-3,7,11,13H,4-6,8,10H2,(H,20,21). The van der Waals surface area contributed by atoms with Crippen LogP contribution in [0.4, 0.5) is 0 Å². The van der Waals surface area contributed by atoms with E-state index in [0.717, 1.165) is 23.9 Å². The van der Waals surface area contributed by atoms with Gasteiger partial charge in [0.2, 0.25) is 0 Å². The maximum Gasteiger partial charge on any atom is 0.304 e. The van der Waals surface area contributed by atoms with Crippen LogP contribution in [0.3, 0.4) is 0 Å². The minimum Gasteiger partial charge on any atom is -0.481 e. The molecule has 0 saturated heterocycles. The predicted molar refractivity (Wildman–Crippen MR) is 77.8 cm³/mol. The first-order chi connectivity index (χ1) is 10.2. The molecule has 5 nitrogen and oxygen atoms in total. The Balaban J connectivity index is 1.85. The maximum atomic E-state index is 10.8. The van der Waals surface area contributed by atoms with Crippen LogP contribution >= 0.6 is 0 Å². The number of hydrogen-bond donors (Lipinski definition) is 1. The molecule has 21 heavy (non-hydrogen) atoms. The number of carboxylic acids is 1. The normalized spacial score (nSPS) is 14.5. The lowest BCUT2D eigenvalue weighted by molar-refractivity contribution is -0.137. The highest BCUT2D eigenvalue weighted by Crippen LogP contribution is 2.30. The number of aliphatic carboxylic acids is 1. The van der Waals surface area contributed by atoms with Crippen molar-refractivity contribution in [1.29, 1.82) is 5.26 Å². The molecule has 0 aromatic carbocycles. The van der Waals surface area contributed by atoms with Crippen LogP contribution in [0.2, 0.25) is 0 Å². The van der Waals surface area contributed by atoms with Gasteiger partial charge in [0.05, 0.1) is 17.5 Å². The Morgan fingerprint density at radius 3 is 2.95 bits per heavy atom. The summed E-state index contributed by atoms with van der Waals surface area (Å²) < 4.78 is 1.95. The number of carbonyl (C=O) groups is 1. The Labute approximate surface area is 123 Å². The van der Waals surface area contributed by atoms with Crippen molar-refractivity contribution in [2.24, 2.45) is 0 Å². The van der Waals surface area contributed by atoms with Crippen molar-refractivity contribution in [3.8, 4) is 6.07 Å². The Morgan fingerprint density at radius 1 is 1.48 bits per heavy atom. The zero-order valence-electron chi connectivity index (χ0n) is 11.7. The average molecular weight is 283 g/mol. The third kappa shape index (κ3) is 2.91. The number of nitrogens with zero attached hydrogens (tertiary/aromatic N) is 3. The summed E-state index contributed by atoms with van der Waals surface area (Å²) in [7, 11) is 0. The van der Waals surface area contributed by atoms with Gasteiger partial charge in [-0.1, -0.05) is 6.07 Å². The van der Waals surface area contributed by atoms with E-state index in [2.05, 4.69) is 11.0 Å². The predicted octanol–water partition coefficient (Wildman–Crippen LogP) is 2.25. The van der Waals surface area contributed by atoms with Crippen LogP contribution in [0, 0.1) is 11.3 Å². The Kier molecular flexibility index (Phi) is 3.63. The minimum absolute atomic E-state index is 0.145. The number of rotatable bonds is 6. The molecule has 2 heterocycles. The molecule has 3 rings (SSSR count). The van der Waals surface area contributed by atoms with E-state index in [0.29, 0.717) is 24.7 Å². The third-order valence-electron chi connectivity index (χ3n) is 3.92. The topological polar surface area (TPSA) is 68.7 Å². The third-order valence-corrected chi connectivity index (χ3v) is 3.92. The highest BCUT2D eigenvalue weighted by atomic mass is 16.4. The van der Waals surface area contributed by atoms with Crippen LogP contribution in [0.25, 0.3) is 5.52 Å². The fourth-order valence-corrected chi connectivity index (χ4v) is 2.71. The Hall–Kier alpha value is -2.32. The average Bonchev–Trinajstić information content (AvgIpc) is 3.24. The lowest BCUT2D eigenvalue weighted by Crippen LogP contribution is -2.28. The molecular weight excluding hydrogens is 266 g/mol. The first kappa shape index (κ1) is 13.7. The molecule has 1 aliphatic rings. The van der Waals surface area contributed by atoms with Crippen molar-refractivity contribution in [3.63, 3.8) is 0 Å². The number of aromatic nitrogens is 1. The number of hydrogen-bond acceptors (Lipinski definition) is 3. The van der Waals surface area contributed by atoms with E-state index in [9.17, 15) is 10.1 Å². The maximum absolute atomic E-state index is 10.8. The number of pyridine rings is 1. The van der Waals surface area contributed by atoms with Gasteiger partial charge in [-0.2, -0.15) is 5.26 Å². The van der Waals surface area contributed by atoms with Gasteiger partial charge in [-0.15, -0.1) is 0 Å². The van der Waals surface area contributed by atoms with E-state index < -0.39 is 5.97 Å². The number of carboxylic acid groups (broad SMARTS) is 1. The van der Waals surface area contributed by atoms with E-state index in [-0.39, 0.29) is 6.42 Å². The van der Waals surface area contributed by atoms with Crippen LogP contribution in [0.5, 0.6) is 0 Å². The van der Waals surface area contributed by atoms with Crippen molar-refractivity contribution < 1.29 is 9.90 Å². The molecule has 0 aliphatic heterocycles. The summed E-state index contributed by atoms with van der Waals surface area (Å²) in [6.45, 7) is 1.18. The molecule has 5 heteroatoms. The first-order valence-electron chi connectivity index (χ1n) is 7.13. The van der Waals surface area contributed by atoms with Crippen molar-refractivity contribution >= 4 is 11.5 Å². The van der Waals surface area contributed by atoms with E-state index in [1.165, 1.54) is 0 Å². The van der Waals surface area contributed by atoms with E-state index >= 15 is 0 Å². The van der Waals surface area contributed by atoms with Gasteiger partial charge >= 0.3 is 5.97 Å². The van der Waals surface area contributed by atoms with E-state index in [1.807, 2.05) is 35.0 Å². The highest BCUT2D eigenvalue weighted by molar-refractivity contribution is 5.67. The fourth-order valence-electron chi connectivity index (χ4n) is 2.71. The zero-order chi connectivity index (χ0) is 14.8. The van der Waals surface area contributed by atoms with Gasteiger partial charge in [-0.3, -0.25) is 9.69 Å². The van der Waals surface area contributed by atoms with Gasteiger partial charge in [0.1, 0.15) is 6.07 Å². The summed E-state index contributed by atoms with van der Waals surface area (Å²) >= 11 is 0. The molecule has 0 atom stereocenters. The second kappa shape index (κ2) is 5.58. The lowest BCUT2D eigenvalue weighted by Gasteiger charge is -2.20. The van der Waals surface area contributed by atoms with E-state index in [1.54, 1.807) is 0 Å². The number of nitriles is 1. The second-order valence-electron chi connectivity index (χ2n) is 5.48. The van der Waals surface area contributed by atoms with Crippen LogP contribution in [0.1, 0.15) is 30.4 Å². The van der Waals surface area contributed by atoms with Crippen molar-refractivity contribution in [1.82, 2.24) is 9.30 Å². The van der Waals surface area contributed by atoms with Crippen molar-refractivity contribution in [2.45, 2.75) is 31.8 Å². The SMILES string of the molecule is N#Cc1c(CN(CCC(=O)O)C2CC2)cn2ccccc12. The van der Waals surface area contributed by atoms with Gasteiger partial charge in [0.15, 0.2) is 0 Å². The van der Waals surface area contributed by atoms with Gasteiger partial charge in [-0.25, -0.2) is 0 Å². The van der Waals surface area contributed by atoms with Crippen LogP contribution in [-0.2, 0) is 11.3 Å². The molecule has 0 spiro atoms. The molecule has 2 aromatic rings. The molecule has 1 aliphatic carbocycles. The van der Waals surface area contributed by atoms with Crippen LogP contribution in [0.15, 0.2) is 30.6 Å². The summed E-state index contributed by atoms with van der Waals surface area (Å²) in [6.07, 6.45) is 6.29. The lowest BCUT2D eigenvalue weighted by atomic mass is 10.1. The summed E-state index contributed by atoms with van der Waals surface area (Å²) in [5.41, 5.74) is 2.57. The second-order valence-corrected chi connectivity index (χ2v) is 5.48. The first-order valence-corrected chi connectivity index (χ1v) is 7.13. The van der Waals surface area contributed by atoms with Gasteiger partial charge in [0, 0.05) is 37.1 Å². The molecule has 2 aromatic heterocycles. The number of fused-ring (bicyclic) bond motifs is 1. The van der Waals surface area contributed by atoms with E-state index in [4.69, 9.17) is 5.11 Å².